The number of hydrogen-bond donors (Lipinski definition) is 3. The fraction of sp³-hybridized carbons (Fsp3) is 0.407. The van der Waals surface area contributed by atoms with E-state index in [1.54, 1.807) is 24.3 Å². The Morgan fingerprint density at radius 3 is 2.38 bits per heavy atom. The minimum absolute atomic E-state index is 0.0749. The molecule has 1 aromatic heterocycles. The summed E-state index contributed by atoms with van der Waals surface area (Å²) in [5.41, 5.74) is 0.648. The van der Waals surface area contributed by atoms with Gasteiger partial charge in [-0.1, -0.05) is 43.7 Å². The Bertz CT molecular complexity index is 1240. The van der Waals surface area contributed by atoms with Gasteiger partial charge < -0.3 is 30.1 Å². The molecule has 1 atom stereocenters. The van der Waals surface area contributed by atoms with Gasteiger partial charge in [0.25, 0.3) is 5.91 Å². The van der Waals surface area contributed by atoms with E-state index in [0.717, 1.165) is 35.8 Å². The van der Waals surface area contributed by atoms with Gasteiger partial charge in [0.15, 0.2) is 0 Å². The van der Waals surface area contributed by atoms with Crippen LogP contribution in [0.4, 0.5) is 4.79 Å². The van der Waals surface area contributed by atoms with Gasteiger partial charge in [0.1, 0.15) is 16.7 Å². The molecule has 1 saturated heterocycles. The summed E-state index contributed by atoms with van der Waals surface area (Å²) in [6.45, 7) is 3.19. The second kappa shape index (κ2) is 14.8. The topological polar surface area (TPSA) is 166 Å². The molecule has 2 aromatic rings. The van der Waals surface area contributed by atoms with Crippen molar-refractivity contribution in [2.45, 2.75) is 38.6 Å². The van der Waals surface area contributed by atoms with Gasteiger partial charge in [0.05, 0.1) is 11.5 Å². The van der Waals surface area contributed by atoms with Crippen LogP contribution in [0.3, 0.4) is 0 Å². The predicted octanol–water partition coefficient (Wildman–Crippen LogP) is 2.95. The molecule has 12 nitrogen and oxygen atoms in total. The number of carbonyl (C=O) groups is 5. The van der Waals surface area contributed by atoms with Gasteiger partial charge in [-0.05, 0) is 18.9 Å². The number of rotatable bonds is 12. The van der Waals surface area contributed by atoms with Crippen molar-refractivity contribution in [1.29, 1.82) is 0 Å². The van der Waals surface area contributed by atoms with Crippen LogP contribution in [-0.4, -0.2) is 93.7 Å². The summed E-state index contributed by atoms with van der Waals surface area (Å²) >= 11 is 1.11. The van der Waals surface area contributed by atoms with Crippen molar-refractivity contribution >= 4 is 47.3 Å². The Labute approximate surface area is 235 Å². The van der Waals surface area contributed by atoms with Crippen LogP contribution in [0.2, 0.25) is 0 Å². The number of aliphatic carboxylic acids is 2. The summed E-state index contributed by atoms with van der Waals surface area (Å²) in [5.74, 6) is -3.54. The Morgan fingerprint density at radius 1 is 1.07 bits per heavy atom. The van der Waals surface area contributed by atoms with Crippen molar-refractivity contribution in [2.75, 3.05) is 32.8 Å². The smallest absolute Gasteiger partial charge is 0.409 e. The number of ether oxygens (including phenoxy) is 1. The largest absolute Gasteiger partial charge is 0.481 e. The maximum Gasteiger partial charge on any atom is 0.409 e. The highest BCUT2D eigenvalue weighted by atomic mass is 32.1. The maximum absolute atomic E-state index is 13.4. The molecule has 2 heterocycles. The van der Waals surface area contributed by atoms with Crippen molar-refractivity contribution in [3.63, 3.8) is 0 Å². The maximum atomic E-state index is 13.4. The molecular formula is C27H32N4O8S. The Kier molecular flexibility index (Phi) is 11.2. The Balaban J connectivity index is 1.75. The first-order valence-corrected chi connectivity index (χ1v) is 13.7. The van der Waals surface area contributed by atoms with Gasteiger partial charge in [-0.3, -0.25) is 14.4 Å². The zero-order chi connectivity index (χ0) is 29.1. The standard InChI is InChI=1S/C27H32N4O8S/c1-2-3-17-39-27(38)31-15-13-30(14-16-31)26(37)19(9-11-21(32)33)28-24(36)23-20(10-12-22(34)35)40-25(29-23)18-7-5-4-6-8-18/h4-8,10,12,19H,2-3,9,11,13-17H2,1H3,(H,28,36)(H,32,33)(H,34,35)/b12-10+/t19-/m0/s1. The number of carboxylic acid groups (broad SMARTS) is 2. The zero-order valence-corrected chi connectivity index (χ0v) is 22.9. The fourth-order valence-corrected chi connectivity index (χ4v) is 4.91. The fourth-order valence-electron chi connectivity index (χ4n) is 3.94. The van der Waals surface area contributed by atoms with Crippen LogP contribution in [0.25, 0.3) is 16.6 Å². The average Bonchev–Trinajstić information content (AvgIpc) is 3.39. The lowest BCUT2D eigenvalue weighted by atomic mass is 10.1. The first-order chi connectivity index (χ1) is 19.2. The highest BCUT2D eigenvalue weighted by Gasteiger charge is 2.32. The van der Waals surface area contributed by atoms with Gasteiger partial charge >= 0.3 is 18.0 Å². The van der Waals surface area contributed by atoms with Crippen LogP contribution < -0.4 is 5.32 Å². The number of carbonyl (C=O) groups excluding carboxylic acids is 3. The van der Waals surface area contributed by atoms with E-state index >= 15 is 0 Å². The van der Waals surface area contributed by atoms with Crippen LogP contribution >= 0.6 is 11.3 Å². The molecule has 1 fully saturated rings. The third-order valence-corrected chi connectivity index (χ3v) is 7.16. The van der Waals surface area contributed by atoms with Crippen molar-refractivity contribution in [3.8, 4) is 10.6 Å². The summed E-state index contributed by atoms with van der Waals surface area (Å²) in [6.07, 6.45) is 2.83. The van der Waals surface area contributed by atoms with E-state index in [9.17, 15) is 29.1 Å². The van der Waals surface area contributed by atoms with Crippen LogP contribution in [-0.2, 0) is 19.1 Å². The molecule has 214 valence electrons. The van der Waals surface area contributed by atoms with Crippen molar-refractivity contribution in [1.82, 2.24) is 20.1 Å². The number of benzene rings is 1. The second-order valence-corrected chi connectivity index (χ2v) is 10.0. The number of nitrogens with zero attached hydrogens (tertiary/aromatic N) is 3. The van der Waals surface area contributed by atoms with Crippen LogP contribution in [0.5, 0.6) is 0 Å². The molecule has 13 heteroatoms. The molecule has 3 amide bonds. The van der Waals surface area contributed by atoms with E-state index in [-0.39, 0.29) is 49.6 Å². The third kappa shape index (κ3) is 8.63. The molecule has 1 aliphatic heterocycles. The first kappa shape index (κ1) is 30.3. The third-order valence-electron chi connectivity index (χ3n) is 6.09. The highest BCUT2D eigenvalue weighted by Crippen LogP contribution is 2.29. The molecule has 3 rings (SSSR count). The summed E-state index contributed by atoms with van der Waals surface area (Å²) in [6, 6.07) is 7.85. The molecule has 0 radical (unpaired) electrons. The summed E-state index contributed by atoms with van der Waals surface area (Å²) in [5, 5.41) is 21.4. The van der Waals surface area contributed by atoms with Crippen LogP contribution in [0.1, 0.15) is 48.0 Å². The SMILES string of the molecule is CCCCOC(=O)N1CCN(C(=O)[C@H](CCC(=O)O)NC(=O)c2nc(-c3ccccc3)sc2/C=C/C(=O)O)CC1. The van der Waals surface area contributed by atoms with E-state index in [0.29, 0.717) is 11.6 Å². The molecule has 1 aliphatic rings. The van der Waals surface area contributed by atoms with Gasteiger partial charge in [0.2, 0.25) is 5.91 Å². The highest BCUT2D eigenvalue weighted by molar-refractivity contribution is 7.16. The van der Waals surface area contributed by atoms with E-state index in [2.05, 4.69) is 10.3 Å². The van der Waals surface area contributed by atoms with E-state index in [4.69, 9.17) is 9.84 Å². The number of piperazine rings is 1. The number of hydrogen-bond acceptors (Lipinski definition) is 8. The Morgan fingerprint density at radius 2 is 1.75 bits per heavy atom. The predicted molar refractivity (Wildman–Crippen MR) is 147 cm³/mol. The molecule has 0 spiro atoms. The Hall–Kier alpha value is -4.26. The van der Waals surface area contributed by atoms with E-state index in [1.807, 2.05) is 13.0 Å². The first-order valence-electron chi connectivity index (χ1n) is 12.9. The van der Waals surface area contributed by atoms with Crippen molar-refractivity contribution in [2.24, 2.45) is 0 Å². The summed E-state index contributed by atoms with van der Waals surface area (Å²) in [4.78, 5) is 69.0. The molecule has 3 N–H and O–H groups in total. The number of amides is 3. The molecule has 40 heavy (non-hydrogen) atoms. The molecule has 0 unspecified atom stereocenters. The second-order valence-electron chi connectivity index (χ2n) is 9.01. The minimum Gasteiger partial charge on any atom is -0.481 e. The lowest BCUT2D eigenvalue weighted by Gasteiger charge is -2.36. The average molecular weight is 573 g/mol. The molecule has 1 aromatic carbocycles. The number of unbranched alkanes of at least 4 members (excludes halogenated alkanes) is 1. The number of thiazole rings is 1. The lowest BCUT2D eigenvalue weighted by molar-refractivity contribution is -0.138. The van der Waals surface area contributed by atoms with E-state index in [1.165, 1.54) is 15.9 Å². The molecule has 0 bridgehead atoms. The monoisotopic (exact) mass is 572 g/mol. The van der Waals surface area contributed by atoms with Gasteiger partial charge in [-0.25, -0.2) is 14.6 Å². The molecule has 0 aliphatic carbocycles. The number of nitrogens with one attached hydrogen (secondary N) is 1. The van der Waals surface area contributed by atoms with Gasteiger partial charge in [0, 0.05) is 44.2 Å². The van der Waals surface area contributed by atoms with Crippen molar-refractivity contribution < 1.29 is 38.9 Å². The lowest BCUT2D eigenvalue weighted by Crippen LogP contribution is -2.56. The van der Waals surface area contributed by atoms with E-state index < -0.39 is 35.9 Å². The normalized spacial score (nSPS) is 14.1. The minimum atomic E-state index is -1.20. The number of aromatic nitrogens is 1. The molecular weight excluding hydrogens is 540 g/mol. The van der Waals surface area contributed by atoms with Crippen molar-refractivity contribution in [3.05, 3.63) is 47.0 Å². The quantitative estimate of drug-likeness (QED) is 0.256. The number of carboxylic acids is 2. The zero-order valence-electron chi connectivity index (χ0n) is 22.1. The van der Waals surface area contributed by atoms with Crippen LogP contribution in [0, 0.1) is 0 Å². The van der Waals surface area contributed by atoms with Gasteiger partial charge in [-0.15, -0.1) is 11.3 Å². The van der Waals surface area contributed by atoms with Crippen LogP contribution in [0.15, 0.2) is 36.4 Å². The summed E-state index contributed by atoms with van der Waals surface area (Å²) < 4.78 is 5.22. The summed E-state index contributed by atoms with van der Waals surface area (Å²) in [7, 11) is 0. The van der Waals surface area contributed by atoms with Gasteiger partial charge in [-0.2, -0.15) is 0 Å². The molecule has 0 saturated carbocycles.